The van der Waals surface area contributed by atoms with E-state index in [1.54, 1.807) is 13.2 Å². The third kappa shape index (κ3) is 9.82. The Labute approximate surface area is 305 Å². The Balaban J connectivity index is 0.000000205. The van der Waals surface area contributed by atoms with Crippen LogP contribution in [0.4, 0.5) is 4.79 Å². The van der Waals surface area contributed by atoms with Crippen LogP contribution in [-0.4, -0.2) is 47.4 Å². The van der Waals surface area contributed by atoms with E-state index < -0.39 is 11.7 Å². The van der Waals surface area contributed by atoms with Crippen LogP contribution in [0.3, 0.4) is 0 Å². The molecule has 6 rings (SSSR count). The first-order valence-electron chi connectivity index (χ1n) is 15.6. The molecule has 2 heterocycles. The minimum atomic E-state index is -0.533. The monoisotopic (exact) mass is 852 g/mol. The lowest BCUT2D eigenvalue weighted by Crippen LogP contribution is -2.34. The summed E-state index contributed by atoms with van der Waals surface area (Å²) < 4.78 is 21.5. The number of hydrogen-bond acceptors (Lipinski definition) is 11. The summed E-state index contributed by atoms with van der Waals surface area (Å²) >= 11 is 9.31. The molecule has 0 aliphatic heterocycles. The number of aromatic hydroxyl groups is 1. The number of fused-ring (bicyclic) bond motifs is 2. The molecular formula is C32H40BBr3N6O6. The fourth-order valence-electron chi connectivity index (χ4n) is 5.57. The number of methoxy groups -OCH3 is 1. The number of phenolic OH excluding ortho intramolecular Hbond substituents is 1. The minimum absolute atomic E-state index is 0.0643. The van der Waals surface area contributed by atoms with Gasteiger partial charge in [-0.15, -0.1) is 47.3 Å². The van der Waals surface area contributed by atoms with Crippen molar-refractivity contribution in [1.29, 1.82) is 0 Å². The van der Waals surface area contributed by atoms with Crippen LogP contribution < -0.4 is 15.8 Å². The predicted molar refractivity (Wildman–Crippen MR) is 195 cm³/mol. The molecule has 0 unspecified atom stereocenters. The maximum atomic E-state index is 12.1. The Morgan fingerprint density at radius 2 is 1.48 bits per heavy atom. The summed E-state index contributed by atoms with van der Waals surface area (Å²) in [7, 11) is 1.62. The molecule has 1 amide bonds. The molecule has 2 atom stereocenters. The van der Waals surface area contributed by atoms with Crippen LogP contribution in [0.25, 0.3) is 22.8 Å². The maximum Gasteiger partial charge on any atom is 0.408 e. The van der Waals surface area contributed by atoms with E-state index in [-0.39, 0.29) is 21.0 Å². The van der Waals surface area contributed by atoms with Gasteiger partial charge < -0.3 is 34.7 Å². The van der Waals surface area contributed by atoms with Crippen molar-refractivity contribution in [2.24, 2.45) is 5.73 Å². The first kappa shape index (κ1) is 37.9. The fraction of sp³-hybridized carbons (Fsp3) is 0.469. The van der Waals surface area contributed by atoms with Crippen molar-refractivity contribution >= 4 is 56.5 Å². The summed E-state index contributed by atoms with van der Waals surface area (Å²) in [6, 6.07) is 7.38. The Morgan fingerprint density at radius 3 is 1.98 bits per heavy atom. The maximum absolute atomic E-state index is 12.1. The second-order valence-electron chi connectivity index (χ2n) is 12.2. The summed E-state index contributed by atoms with van der Waals surface area (Å²) in [6.45, 7) is 9.45. The standard InChI is InChI=1S/C19H25N3O4.C13H15N3O2.BBr3/c1-6-15-21-17(22-26-15)12-9-11-7-8-13(16(11)14(10-12)24-5)20-18(23)25-19(2,3)4;1-2-11-15-13(16-18-11)8-5-7-3-4-9(14)12(7)10(17)6-8;2-1(3)4/h9-10,13H,6-8H2,1-5H3,(H,20,23);5-6,9,17H,2-4,14H2,1H3;/t13-;9-;/m11./s1. The zero-order chi connectivity index (χ0) is 35.2. The van der Waals surface area contributed by atoms with Crippen molar-refractivity contribution in [3.8, 4) is 34.3 Å². The van der Waals surface area contributed by atoms with Crippen LogP contribution in [0.15, 0.2) is 33.3 Å². The van der Waals surface area contributed by atoms with E-state index in [9.17, 15) is 9.90 Å². The SMILES string of the molecule is BrB(Br)Br.CCc1nc(-c2cc(O)c3c(c2)CC[C@H]3N)no1.CCc1nc(-c2cc3c(c(OC)c2)[C@H](NC(=O)OC(C)(C)C)CC3)no1. The third-order valence-corrected chi connectivity index (χ3v) is 7.59. The topological polar surface area (TPSA) is 172 Å². The number of carbonyl (C=O) groups excluding carboxylic acids is 1. The summed E-state index contributed by atoms with van der Waals surface area (Å²) in [6.07, 6.45) is 4.35. The molecule has 0 saturated heterocycles. The molecule has 0 bridgehead atoms. The van der Waals surface area contributed by atoms with Gasteiger partial charge in [0.05, 0.1) is 13.2 Å². The van der Waals surface area contributed by atoms with Gasteiger partial charge in [-0.05, 0) is 81.8 Å². The number of nitrogens with zero attached hydrogens (tertiary/aromatic N) is 4. The molecule has 2 aromatic carbocycles. The quantitative estimate of drug-likeness (QED) is 0.161. The van der Waals surface area contributed by atoms with E-state index in [0.29, 0.717) is 42.0 Å². The fourth-order valence-corrected chi connectivity index (χ4v) is 5.57. The molecule has 258 valence electrons. The molecule has 0 fully saturated rings. The number of nitrogens with two attached hydrogens (primary N) is 1. The number of benzene rings is 2. The first-order chi connectivity index (χ1) is 22.7. The third-order valence-electron chi connectivity index (χ3n) is 7.59. The lowest BCUT2D eigenvalue weighted by atomic mass is 10.0. The van der Waals surface area contributed by atoms with Crippen molar-refractivity contribution in [2.45, 2.75) is 90.8 Å². The number of alkyl carbamates (subject to hydrolysis) is 1. The zero-order valence-corrected chi connectivity index (χ0v) is 32.5. The van der Waals surface area contributed by atoms with E-state index in [2.05, 4.69) is 72.9 Å². The van der Waals surface area contributed by atoms with Gasteiger partial charge in [0.2, 0.25) is 23.4 Å². The molecule has 12 nitrogen and oxygen atoms in total. The summed E-state index contributed by atoms with van der Waals surface area (Å²) in [5.41, 5.74) is 11.1. The second kappa shape index (κ2) is 16.6. The molecule has 4 N–H and O–H groups in total. The van der Waals surface area contributed by atoms with Crippen molar-refractivity contribution < 1.29 is 28.4 Å². The van der Waals surface area contributed by atoms with Crippen molar-refractivity contribution in [3.05, 3.63) is 58.3 Å². The van der Waals surface area contributed by atoms with Crippen LogP contribution in [0.1, 0.15) is 93.6 Å². The number of aryl methyl sites for hydroxylation is 4. The summed E-state index contributed by atoms with van der Waals surface area (Å²) in [5, 5.41) is 20.9. The van der Waals surface area contributed by atoms with Gasteiger partial charge in [0.25, 0.3) is 0 Å². The van der Waals surface area contributed by atoms with Gasteiger partial charge in [-0.3, -0.25) is 0 Å². The Morgan fingerprint density at radius 1 is 0.958 bits per heavy atom. The molecule has 2 aliphatic carbocycles. The van der Waals surface area contributed by atoms with E-state index >= 15 is 0 Å². The van der Waals surface area contributed by atoms with Gasteiger partial charge in [-0.2, -0.15) is 9.97 Å². The summed E-state index contributed by atoms with van der Waals surface area (Å²) in [4.78, 5) is 20.8. The Kier molecular flexibility index (Phi) is 13.1. The Hall–Kier alpha value is -2.95. The molecule has 2 aliphatic rings. The van der Waals surface area contributed by atoms with Crippen molar-refractivity contribution in [3.63, 3.8) is 0 Å². The van der Waals surface area contributed by atoms with Crippen LogP contribution in [0, 0.1) is 0 Å². The Bertz CT molecular complexity index is 1710. The number of ether oxygens (including phenoxy) is 2. The second-order valence-corrected chi connectivity index (χ2v) is 18.6. The van der Waals surface area contributed by atoms with Crippen LogP contribution in [0.2, 0.25) is 0 Å². The smallest absolute Gasteiger partial charge is 0.408 e. The molecule has 2 aromatic heterocycles. The van der Waals surface area contributed by atoms with Crippen molar-refractivity contribution in [1.82, 2.24) is 25.6 Å². The van der Waals surface area contributed by atoms with E-state index in [1.165, 1.54) is 0 Å². The summed E-state index contributed by atoms with van der Waals surface area (Å²) in [5.74, 6) is 3.21. The largest absolute Gasteiger partial charge is 0.508 e. The van der Waals surface area contributed by atoms with Crippen LogP contribution >= 0.6 is 47.3 Å². The molecule has 4 aromatic rings. The number of nitrogens with one attached hydrogen (secondary N) is 1. The van der Waals surface area contributed by atoms with Gasteiger partial charge in [-0.25, -0.2) is 4.79 Å². The molecule has 0 saturated carbocycles. The lowest BCUT2D eigenvalue weighted by Gasteiger charge is -2.23. The average Bonchev–Trinajstić information content (AvgIpc) is 3.83. The molecule has 48 heavy (non-hydrogen) atoms. The van der Waals surface area contributed by atoms with Crippen LogP contribution in [0.5, 0.6) is 11.5 Å². The molecule has 16 heteroatoms. The molecule has 0 radical (unpaired) electrons. The van der Waals surface area contributed by atoms with Gasteiger partial charge in [0.1, 0.15) is 17.1 Å². The first-order valence-corrected chi connectivity index (χ1v) is 18.4. The normalized spacial score (nSPS) is 16.1. The highest BCUT2D eigenvalue weighted by Crippen LogP contribution is 2.41. The highest BCUT2D eigenvalue weighted by atomic mass is 79.9. The number of aromatic nitrogens is 4. The molecular weight excluding hydrogens is 815 g/mol. The number of carbonyl (C=O) groups is 1. The number of rotatable bonds is 6. The highest BCUT2D eigenvalue weighted by Gasteiger charge is 2.30. The number of amides is 1. The highest BCUT2D eigenvalue weighted by molar-refractivity contribution is 9.69. The van der Waals surface area contributed by atoms with E-state index in [4.69, 9.17) is 24.3 Å². The number of hydrogen-bond donors (Lipinski definition) is 3. The van der Waals surface area contributed by atoms with E-state index in [1.807, 2.05) is 52.8 Å². The van der Waals surface area contributed by atoms with E-state index in [0.717, 1.165) is 59.1 Å². The zero-order valence-electron chi connectivity index (χ0n) is 27.8. The number of halogens is 3. The van der Waals surface area contributed by atoms with Gasteiger partial charge in [0, 0.05) is 41.1 Å². The van der Waals surface area contributed by atoms with Gasteiger partial charge >= 0.3 is 9.28 Å². The van der Waals surface area contributed by atoms with Gasteiger partial charge in [-0.1, -0.05) is 24.2 Å². The average molecular weight is 855 g/mol. The number of phenols is 1. The van der Waals surface area contributed by atoms with Gasteiger partial charge in [0.15, 0.2) is 0 Å². The minimum Gasteiger partial charge on any atom is -0.508 e. The van der Waals surface area contributed by atoms with Crippen LogP contribution in [-0.2, 0) is 30.4 Å². The lowest BCUT2D eigenvalue weighted by molar-refractivity contribution is 0.0503. The predicted octanol–water partition coefficient (Wildman–Crippen LogP) is 7.93. The van der Waals surface area contributed by atoms with Crippen molar-refractivity contribution in [2.75, 3.05) is 7.11 Å². The molecule has 0 spiro atoms.